The second kappa shape index (κ2) is 5.24. The Bertz CT molecular complexity index is 155. The predicted molar refractivity (Wildman–Crippen MR) is 36.8 cm³/mol. The van der Waals surface area contributed by atoms with Crippen molar-refractivity contribution in [2.24, 2.45) is 0 Å². The van der Waals surface area contributed by atoms with Gasteiger partial charge in [-0.3, -0.25) is 4.74 Å². The second-order valence-electron chi connectivity index (χ2n) is 2.81. The molecule has 1 heterocycles. The molecular weight excluding hydrogens is 230 g/mol. The van der Waals surface area contributed by atoms with Crippen LogP contribution in [-0.4, -0.2) is 30.9 Å². The Morgan fingerprint density at radius 3 is 2.46 bits per heavy atom. The summed E-state index contributed by atoms with van der Waals surface area (Å²) in [6.07, 6.45) is -4.86. The summed E-state index contributed by atoms with van der Waals surface area (Å²) in [6.45, 7) is 0.344. The number of alkyl halides is 4. The van der Waals surface area contributed by atoms with Gasteiger partial charge in [0.15, 0.2) is 0 Å². The zero-order chi connectivity index (χ0) is 9.19. The number of hydrogen-bond donors (Lipinski definition) is 1. The summed E-state index contributed by atoms with van der Waals surface area (Å²) in [5, 5.41) is 1.78. The molecular formula is C6H10Cl2F3NO. The molecule has 13 heavy (non-hydrogen) atoms. The van der Waals surface area contributed by atoms with Crippen LogP contribution >= 0.6 is 11.6 Å². The molecule has 0 amide bonds. The Balaban J connectivity index is 0.00000144. The standard InChI is InChI=1S/C6H9ClF3NO.ClH/c7-2-4-1-5(3-11-4)12-6(8,9)10;/h4-5,11H,1-3H2;1H/t4-,5+;/m0./s1. The fourth-order valence-corrected chi connectivity index (χ4v) is 1.54. The van der Waals surface area contributed by atoms with E-state index in [1.54, 1.807) is 5.32 Å². The molecule has 0 unspecified atom stereocenters. The smallest absolute Gasteiger partial charge is 0.522 e. The molecule has 1 rings (SSSR count). The molecule has 1 fully saturated rings. The van der Waals surface area contributed by atoms with E-state index in [1.165, 1.54) is 0 Å². The highest BCUT2D eigenvalue weighted by atomic mass is 35.5. The quantitative estimate of drug-likeness (QED) is 0.529. The Hall–Kier alpha value is 0.290. The van der Waals surface area contributed by atoms with Crippen LogP contribution in [0, 0.1) is 0 Å². The molecule has 0 aromatic rings. The zero-order valence-corrected chi connectivity index (χ0v) is 8.16. The lowest BCUT2D eigenvalue weighted by molar-refractivity contribution is -0.669. The first kappa shape index (κ1) is 13.3. The van der Waals surface area contributed by atoms with Crippen LogP contribution in [0.5, 0.6) is 0 Å². The summed E-state index contributed by atoms with van der Waals surface area (Å²) < 4.78 is 38.8. The van der Waals surface area contributed by atoms with Gasteiger partial charge < -0.3 is 17.7 Å². The maximum absolute atomic E-state index is 11.7. The lowest BCUT2D eigenvalue weighted by Crippen LogP contribution is -3.00. The topological polar surface area (TPSA) is 25.8 Å². The van der Waals surface area contributed by atoms with Crippen molar-refractivity contribution >= 4 is 11.6 Å². The third-order valence-corrected chi connectivity index (χ3v) is 2.19. The molecule has 0 bridgehead atoms. The highest BCUT2D eigenvalue weighted by Gasteiger charge is 2.38. The van der Waals surface area contributed by atoms with Gasteiger partial charge in [-0.25, -0.2) is 0 Å². The van der Waals surface area contributed by atoms with Crippen molar-refractivity contribution in [1.82, 2.24) is 0 Å². The van der Waals surface area contributed by atoms with E-state index in [4.69, 9.17) is 11.6 Å². The van der Waals surface area contributed by atoms with Gasteiger partial charge in [-0.1, -0.05) is 0 Å². The number of rotatable bonds is 2. The Labute approximate surface area is 85.2 Å². The van der Waals surface area contributed by atoms with Crippen LogP contribution in [0.25, 0.3) is 0 Å². The molecule has 2 atom stereocenters. The van der Waals surface area contributed by atoms with Gasteiger partial charge in [0.05, 0.1) is 5.88 Å². The van der Waals surface area contributed by atoms with E-state index in [0.29, 0.717) is 18.8 Å². The molecule has 1 aliphatic heterocycles. The van der Waals surface area contributed by atoms with Crippen molar-refractivity contribution < 1.29 is 35.6 Å². The number of halogens is 5. The van der Waals surface area contributed by atoms with E-state index in [9.17, 15) is 13.2 Å². The molecule has 0 aromatic carbocycles. The normalized spacial score (nSPS) is 28.6. The zero-order valence-electron chi connectivity index (χ0n) is 6.65. The van der Waals surface area contributed by atoms with Gasteiger partial charge in [0.2, 0.25) is 0 Å². The van der Waals surface area contributed by atoms with Crippen LogP contribution in [0.15, 0.2) is 0 Å². The second-order valence-corrected chi connectivity index (χ2v) is 3.12. The molecule has 0 aliphatic carbocycles. The van der Waals surface area contributed by atoms with Crippen LogP contribution in [0.2, 0.25) is 0 Å². The summed E-state index contributed by atoms with van der Waals surface area (Å²) >= 11 is 5.48. The molecule has 2 N–H and O–H groups in total. The van der Waals surface area contributed by atoms with Gasteiger partial charge in [-0.05, 0) is 0 Å². The van der Waals surface area contributed by atoms with E-state index in [1.807, 2.05) is 0 Å². The molecule has 2 nitrogen and oxygen atoms in total. The summed E-state index contributed by atoms with van der Waals surface area (Å²) in [6, 6.07) is 0.0685. The van der Waals surface area contributed by atoms with Crippen LogP contribution in [0.4, 0.5) is 13.2 Å². The Morgan fingerprint density at radius 2 is 2.08 bits per heavy atom. The minimum atomic E-state index is -4.51. The number of ether oxygens (including phenoxy) is 1. The summed E-state index contributed by atoms with van der Waals surface area (Å²) in [5.74, 6) is 0.373. The van der Waals surface area contributed by atoms with Crippen molar-refractivity contribution in [1.29, 1.82) is 0 Å². The van der Waals surface area contributed by atoms with Gasteiger partial charge in [0.25, 0.3) is 0 Å². The lowest BCUT2D eigenvalue weighted by Gasteiger charge is -2.10. The molecule has 80 valence electrons. The number of quaternary nitrogens is 1. The van der Waals surface area contributed by atoms with Crippen molar-refractivity contribution in [3.8, 4) is 0 Å². The summed E-state index contributed by atoms with van der Waals surface area (Å²) in [4.78, 5) is 0. The largest absolute Gasteiger partial charge is 1.00 e. The molecule has 0 aromatic heterocycles. The van der Waals surface area contributed by atoms with Gasteiger partial charge >= 0.3 is 6.36 Å². The van der Waals surface area contributed by atoms with E-state index in [2.05, 4.69) is 4.74 Å². The first-order valence-corrected chi connectivity index (χ1v) is 4.18. The van der Waals surface area contributed by atoms with Crippen LogP contribution < -0.4 is 17.7 Å². The van der Waals surface area contributed by atoms with Crippen molar-refractivity contribution in [3.63, 3.8) is 0 Å². The van der Waals surface area contributed by atoms with Crippen LogP contribution in [-0.2, 0) is 4.74 Å². The average Bonchev–Trinajstić information content (AvgIpc) is 2.32. The first-order valence-electron chi connectivity index (χ1n) is 3.65. The van der Waals surface area contributed by atoms with E-state index >= 15 is 0 Å². The molecule has 0 spiro atoms. The van der Waals surface area contributed by atoms with Crippen molar-refractivity contribution in [2.45, 2.75) is 24.9 Å². The minimum absolute atomic E-state index is 0. The maximum Gasteiger partial charge on any atom is 0.522 e. The average molecular weight is 240 g/mol. The number of nitrogens with two attached hydrogens (primary N) is 1. The van der Waals surface area contributed by atoms with Crippen LogP contribution in [0.3, 0.4) is 0 Å². The van der Waals surface area contributed by atoms with Gasteiger partial charge in [0, 0.05) is 6.42 Å². The fraction of sp³-hybridized carbons (Fsp3) is 1.00. The first-order chi connectivity index (χ1) is 5.51. The Kier molecular flexibility index (Phi) is 5.36. The van der Waals surface area contributed by atoms with Crippen molar-refractivity contribution in [3.05, 3.63) is 0 Å². The monoisotopic (exact) mass is 239 g/mol. The third-order valence-electron chi connectivity index (χ3n) is 1.80. The minimum Gasteiger partial charge on any atom is -1.00 e. The van der Waals surface area contributed by atoms with Crippen LogP contribution in [0.1, 0.15) is 6.42 Å². The molecule has 1 aliphatic rings. The lowest BCUT2D eigenvalue weighted by atomic mass is 10.2. The fourth-order valence-electron chi connectivity index (χ4n) is 1.29. The van der Waals surface area contributed by atoms with Gasteiger partial charge in [-0.2, -0.15) is 0 Å². The van der Waals surface area contributed by atoms with E-state index < -0.39 is 12.5 Å². The van der Waals surface area contributed by atoms with Gasteiger partial charge in [-0.15, -0.1) is 24.8 Å². The summed E-state index contributed by atoms with van der Waals surface area (Å²) in [5.41, 5.74) is 0. The summed E-state index contributed by atoms with van der Waals surface area (Å²) in [7, 11) is 0. The maximum atomic E-state index is 11.7. The molecule has 0 saturated carbocycles. The predicted octanol–water partition coefficient (Wildman–Crippen LogP) is -2.53. The molecule has 7 heteroatoms. The molecule has 0 radical (unpaired) electrons. The highest BCUT2D eigenvalue weighted by molar-refractivity contribution is 6.18. The SMILES string of the molecule is FC(F)(F)O[C@H]1C[NH2+][C@H](CCl)C1.[Cl-]. The third kappa shape index (κ3) is 4.90. The highest BCUT2D eigenvalue weighted by Crippen LogP contribution is 2.21. The van der Waals surface area contributed by atoms with Gasteiger partial charge in [0.1, 0.15) is 18.7 Å². The Morgan fingerprint density at radius 1 is 1.46 bits per heavy atom. The van der Waals surface area contributed by atoms with Crippen molar-refractivity contribution in [2.75, 3.05) is 12.4 Å². The van der Waals surface area contributed by atoms with E-state index in [-0.39, 0.29) is 18.4 Å². The van der Waals surface area contributed by atoms with E-state index in [0.717, 1.165) is 0 Å². The molecule has 1 saturated heterocycles. The number of hydrogen-bond acceptors (Lipinski definition) is 1.